The summed E-state index contributed by atoms with van der Waals surface area (Å²) in [5.74, 6) is 0.471. The Morgan fingerprint density at radius 2 is 2.00 bits per heavy atom. The van der Waals surface area contributed by atoms with Gasteiger partial charge in [0.25, 0.3) is 0 Å². The molecule has 0 atom stereocenters. The molecular formula is C8H14N3O5P. The lowest BCUT2D eigenvalue weighted by molar-refractivity contribution is 0.118. The van der Waals surface area contributed by atoms with Gasteiger partial charge >= 0.3 is 7.60 Å². The lowest BCUT2D eigenvalue weighted by atomic mass is 10.4. The highest BCUT2D eigenvalue weighted by atomic mass is 31.2. The molecule has 96 valence electrons. The molecule has 1 heterocycles. The van der Waals surface area contributed by atoms with Crippen LogP contribution in [0.25, 0.3) is 0 Å². The van der Waals surface area contributed by atoms with Gasteiger partial charge in [-0.15, -0.1) is 0 Å². The van der Waals surface area contributed by atoms with Crippen LogP contribution in [0.4, 0.5) is 11.5 Å². The predicted octanol–water partition coefficient (Wildman–Crippen LogP) is -0.223. The van der Waals surface area contributed by atoms with Crippen molar-refractivity contribution in [3.63, 3.8) is 0 Å². The largest absolute Gasteiger partial charge is 0.475 e. The van der Waals surface area contributed by atoms with E-state index in [1.54, 1.807) is 0 Å². The Hall–Kier alpha value is -1.34. The molecule has 8 nitrogen and oxygen atoms in total. The summed E-state index contributed by atoms with van der Waals surface area (Å²) in [6.07, 6.45) is -0.636. The molecule has 0 saturated heterocycles. The first-order valence-corrected chi connectivity index (χ1v) is 6.45. The van der Waals surface area contributed by atoms with Crippen LogP contribution in [0.2, 0.25) is 0 Å². The molecule has 0 fully saturated rings. The summed E-state index contributed by atoms with van der Waals surface area (Å²) < 4.78 is 20.3. The molecule has 0 spiro atoms. The number of nitrogens with zero attached hydrogens (tertiary/aromatic N) is 1. The number of nitrogen functional groups attached to an aromatic ring is 2. The summed E-state index contributed by atoms with van der Waals surface area (Å²) in [4.78, 5) is 20.9. The van der Waals surface area contributed by atoms with Crippen LogP contribution in [0.1, 0.15) is 0 Å². The van der Waals surface area contributed by atoms with E-state index in [1.807, 2.05) is 0 Å². The van der Waals surface area contributed by atoms with E-state index in [2.05, 4.69) is 4.98 Å². The third kappa shape index (κ3) is 6.08. The van der Waals surface area contributed by atoms with Gasteiger partial charge in [0.2, 0.25) is 5.88 Å². The van der Waals surface area contributed by atoms with Crippen LogP contribution in [-0.2, 0) is 9.30 Å². The van der Waals surface area contributed by atoms with Crippen LogP contribution in [0.15, 0.2) is 12.1 Å². The first kappa shape index (κ1) is 13.7. The topological polar surface area (TPSA) is 141 Å². The Kier molecular flexibility index (Phi) is 4.71. The zero-order valence-electron chi connectivity index (χ0n) is 8.94. The van der Waals surface area contributed by atoms with E-state index in [9.17, 15) is 4.57 Å². The van der Waals surface area contributed by atoms with Gasteiger partial charge in [-0.25, -0.2) is 0 Å². The maximum atomic E-state index is 10.4. The van der Waals surface area contributed by atoms with Gasteiger partial charge in [0.1, 0.15) is 18.8 Å². The van der Waals surface area contributed by atoms with Gasteiger partial charge in [0, 0.05) is 17.8 Å². The summed E-state index contributed by atoms with van der Waals surface area (Å²) in [6, 6.07) is 2.97. The first-order chi connectivity index (χ1) is 7.87. The Morgan fingerprint density at radius 3 is 2.59 bits per heavy atom. The molecule has 1 rings (SSSR count). The molecule has 0 aliphatic carbocycles. The summed E-state index contributed by atoms with van der Waals surface area (Å²) in [5, 5.41) is 0. The normalized spacial score (nSPS) is 11.4. The molecule has 9 heteroatoms. The van der Waals surface area contributed by atoms with Crippen molar-refractivity contribution in [3.05, 3.63) is 12.1 Å². The number of aromatic nitrogens is 1. The van der Waals surface area contributed by atoms with Crippen molar-refractivity contribution in [2.24, 2.45) is 0 Å². The fourth-order valence-corrected chi connectivity index (χ4v) is 1.38. The highest BCUT2D eigenvalue weighted by Crippen LogP contribution is 2.33. The van der Waals surface area contributed by atoms with Crippen molar-refractivity contribution in [1.82, 2.24) is 4.98 Å². The molecule has 0 aromatic carbocycles. The number of nitrogens with two attached hydrogens (primary N) is 2. The van der Waals surface area contributed by atoms with E-state index < -0.39 is 13.9 Å². The number of pyridine rings is 1. The highest BCUT2D eigenvalue weighted by molar-refractivity contribution is 7.51. The smallest absolute Gasteiger partial charge is 0.350 e. The molecule has 17 heavy (non-hydrogen) atoms. The van der Waals surface area contributed by atoms with Crippen LogP contribution >= 0.6 is 7.60 Å². The predicted molar refractivity (Wildman–Crippen MR) is 61.4 cm³/mol. The van der Waals surface area contributed by atoms with Crippen molar-refractivity contribution in [1.29, 1.82) is 0 Å². The summed E-state index contributed by atoms with van der Waals surface area (Å²) in [7, 11) is -4.13. The fourth-order valence-electron chi connectivity index (χ4n) is 1.01. The molecule has 1 aromatic heterocycles. The van der Waals surface area contributed by atoms with Crippen LogP contribution in [-0.4, -0.2) is 34.3 Å². The molecule has 0 aliphatic heterocycles. The van der Waals surface area contributed by atoms with E-state index in [4.69, 9.17) is 30.7 Å². The van der Waals surface area contributed by atoms with Crippen LogP contribution in [0.5, 0.6) is 5.88 Å². The SMILES string of the molecule is Nc1cc(N)nc(OCCOCP(=O)(O)O)c1. The van der Waals surface area contributed by atoms with Gasteiger partial charge < -0.3 is 30.7 Å². The molecule has 1 aromatic rings. The number of anilines is 2. The Morgan fingerprint density at radius 1 is 1.29 bits per heavy atom. The molecule has 0 amide bonds. The molecular weight excluding hydrogens is 249 g/mol. The third-order valence-electron chi connectivity index (χ3n) is 1.58. The Bertz CT molecular complexity index is 401. The first-order valence-electron chi connectivity index (χ1n) is 4.65. The Balaban J connectivity index is 2.29. The molecule has 0 unspecified atom stereocenters. The molecule has 6 N–H and O–H groups in total. The molecule has 0 bridgehead atoms. The average Bonchev–Trinajstić information content (AvgIpc) is 2.13. The minimum atomic E-state index is -4.13. The number of rotatable bonds is 6. The van der Waals surface area contributed by atoms with Crippen molar-refractivity contribution in [3.8, 4) is 5.88 Å². The average molecular weight is 263 g/mol. The van der Waals surface area contributed by atoms with Crippen molar-refractivity contribution in [2.75, 3.05) is 31.0 Å². The zero-order chi connectivity index (χ0) is 12.9. The van der Waals surface area contributed by atoms with E-state index in [0.29, 0.717) is 5.69 Å². The minimum absolute atomic E-state index is 0.0293. The number of hydrogen-bond acceptors (Lipinski definition) is 6. The third-order valence-corrected chi connectivity index (χ3v) is 2.10. The van der Waals surface area contributed by atoms with Gasteiger partial charge in [0.05, 0.1) is 6.61 Å². The van der Waals surface area contributed by atoms with Crippen molar-refractivity contribution in [2.45, 2.75) is 0 Å². The molecule has 0 saturated carbocycles. The molecule has 0 radical (unpaired) electrons. The zero-order valence-corrected chi connectivity index (χ0v) is 9.84. The van der Waals surface area contributed by atoms with Gasteiger partial charge in [-0.3, -0.25) is 4.57 Å². The monoisotopic (exact) mass is 263 g/mol. The van der Waals surface area contributed by atoms with Crippen LogP contribution in [0.3, 0.4) is 0 Å². The summed E-state index contributed by atoms with van der Waals surface area (Å²) >= 11 is 0. The van der Waals surface area contributed by atoms with Gasteiger partial charge in [-0.2, -0.15) is 4.98 Å². The fraction of sp³-hybridized carbons (Fsp3) is 0.375. The standard InChI is InChI=1S/C8H14N3O5P/c9-6-3-7(10)11-8(4-6)16-2-1-15-5-17(12,13)14/h3-4H,1-2,5H2,(H4,9,10,11)(H2,12,13,14). The maximum Gasteiger partial charge on any atom is 0.350 e. The van der Waals surface area contributed by atoms with Gasteiger partial charge in [-0.1, -0.05) is 0 Å². The maximum absolute atomic E-state index is 10.4. The second-order valence-electron chi connectivity index (χ2n) is 3.21. The second kappa shape index (κ2) is 5.83. The van der Waals surface area contributed by atoms with Crippen molar-refractivity contribution < 1.29 is 23.8 Å². The van der Waals surface area contributed by atoms with E-state index in [-0.39, 0.29) is 24.9 Å². The Labute approximate surface area is 97.7 Å². The summed E-state index contributed by atoms with van der Waals surface area (Å²) in [6.45, 7) is 0.122. The van der Waals surface area contributed by atoms with E-state index in [1.165, 1.54) is 12.1 Å². The van der Waals surface area contributed by atoms with E-state index >= 15 is 0 Å². The quantitative estimate of drug-likeness (QED) is 0.407. The van der Waals surface area contributed by atoms with Gasteiger partial charge in [0.15, 0.2) is 0 Å². The number of hydrogen-bond donors (Lipinski definition) is 4. The van der Waals surface area contributed by atoms with E-state index in [0.717, 1.165) is 0 Å². The second-order valence-corrected chi connectivity index (χ2v) is 4.80. The summed E-state index contributed by atoms with van der Waals surface area (Å²) in [5.41, 5.74) is 11.4. The molecule has 0 aliphatic rings. The number of ether oxygens (including phenoxy) is 2. The lowest BCUT2D eigenvalue weighted by Gasteiger charge is -2.08. The highest BCUT2D eigenvalue weighted by Gasteiger charge is 2.12. The van der Waals surface area contributed by atoms with Crippen LogP contribution in [0, 0.1) is 0 Å². The minimum Gasteiger partial charge on any atom is -0.475 e. The van der Waals surface area contributed by atoms with Crippen molar-refractivity contribution >= 4 is 19.1 Å². The van der Waals surface area contributed by atoms with Crippen LogP contribution < -0.4 is 16.2 Å². The lowest BCUT2D eigenvalue weighted by Crippen LogP contribution is -2.09. The van der Waals surface area contributed by atoms with Gasteiger partial charge in [-0.05, 0) is 0 Å².